The fraction of sp³-hybridized carbons (Fsp3) is 0.105. The van der Waals surface area contributed by atoms with Crippen LogP contribution in [0.15, 0.2) is 206 Å². The van der Waals surface area contributed by atoms with E-state index in [1.54, 1.807) is 11.3 Å². The normalized spacial score (nSPS) is 12.6. The molecule has 6 nitrogen and oxygen atoms in total. The van der Waals surface area contributed by atoms with Crippen LogP contribution < -0.4 is 0 Å². The van der Waals surface area contributed by atoms with E-state index in [1.165, 1.54) is 31.3 Å². The molecule has 17 rings (SSSR count). The molecule has 0 atom stereocenters. The van der Waals surface area contributed by atoms with Crippen molar-refractivity contribution in [2.45, 2.75) is 52.4 Å². The molecule has 0 spiro atoms. The molecule has 398 valence electrons. The van der Waals surface area contributed by atoms with Gasteiger partial charge in [0.05, 0.1) is 88.4 Å². The largest absolute Gasteiger partial charge is 0.317 e. The first-order valence-electron chi connectivity index (χ1n) is 28.7. The van der Waals surface area contributed by atoms with Crippen molar-refractivity contribution >= 4 is 156 Å². The number of thiophene rings is 2. The van der Waals surface area contributed by atoms with Crippen molar-refractivity contribution in [1.29, 1.82) is 5.26 Å². The van der Waals surface area contributed by atoms with Crippen molar-refractivity contribution in [3.05, 3.63) is 234 Å². The van der Waals surface area contributed by atoms with Crippen molar-refractivity contribution < 1.29 is 0 Å². The molecule has 0 aliphatic rings. The third-order valence-electron chi connectivity index (χ3n) is 17.9. The quantitative estimate of drug-likeness (QED) is 0.162. The molecule has 8 heteroatoms. The van der Waals surface area contributed by atoms with Crippen molar-refractivity contribution in [2.75, 3.05) is 0 Å². The number of benzene rings is 11. The van der Waals surface area contributed by atoms with Crippen LogP contribution in [0, 0.1) is 17.9 Å². The highest BCUT2D eigenvalue weighted by atomic mass is 32.1. The summed E-state index contributed by atoms with van der Waals surface area (Å²) in [6.45, 7) is 23.8. The van der Waals surface area contributed by atoms with Gasteiger partial charge in [-0.05, 0) is 82.6 Å². The molecule has 6 heterocycles. The molecule has 11 aromatic carbocycles. The first-order chi connectivity index (χ1) is 40.9. The summed E-state index contributed by atoms with van der Waals surface area (Å²) in [4.78, 5) is 4.96. The molecule has 6 aromatic heterocycles. The maximum absolute atomic E-state index is 13.0. The lowest BCUT2D eigenvalue weighted by Crippen LogP contribution is -2.15. The first kappa shape index (κ1) is 48.7. The van der Waals surface area contributed by atoms with Gasteiger partial charge >= 0.3 is 0 Å². The molecular formula is C76H52N6S2. The van der Waals surface area contributed by atoms with Crippen LogP contribution in [-0.2, 0) is 10.8 Å². The monoisotopic (exact) mass is 1110 g/mol. The minimum atomic E-state index is -0.158. The van der Waals surface area contributed by atoms with E-state index in [4.69, 9.17) is 4.85 Å². The van der Waals surface area contributed by atoms with Gasteiger partial charge in [-0.2, -0.15) is 5.26 Å². The lowest BCUT2D eigenvalue weighted by molar-refractivity contribution is 0.591. The highest BCUT2D eigenvalue weighted by Gasteiger charge is 2.36. The SMILES string of the molecule is [C-]#[N+]c1c(-n2c3ccccc3c3ccccc32)c(-n2c3ccc(C(C)(C)C)cc3c3ccc4c5ccccc5sc4c32)c(-n2c3ccccc3c3ccccc32)c(C#N)c1-n1c2ccc(C(C)(C)C)cc2c2ccc3c4ccccc4sc3c21. The van der Waals surface area contributed by atoms with Gasteiger partial charge in [0.2, 0.25) is 5.69 Å². The molecule has 0 N–H and O–H groups in total. The number of fused-ring (bicyclic) bond motifs is 20. The molecule has 17 aromatic rings. The molecule has 0 aliphatic carbocycles. The number of hydrogen-bond acceptors (Lipinski definition) is 3. The van der Waals surface area contributed by atoms with Gasteiger partial charge < -0.3 is 18.3 Å². The second kappa shape index (κ2) is 17.3. The smallest absolute Gasteiger partial charge is 0.237 e. The predicted octanol–water partition coefficient (Wildman–Crippen LogP) is 21.8. The van der Waals surface area contributed by atoms with Crippen LogP contribution in [0.3, 0.4) is 0 Å². The highest BCUT2D eigenvalue weighted by molar-refractivity contribution is 7.27. The van der Waals surface area contributed by atoms with E-state index in [0.717, 1.165) is 113 Å². The Balaban J connectivity index is 1.21. The van der Waals surface area contributed by atoms with Gasteiger partial charge in [0, 0.05) is 74.0 Å². The van der Waals surface area contributed by atoms with Gasteiger partial charge in [-0.25, -0.2) is 4.85 Å². The summed E-state index contributed by atoms with van der Waals surface area (Å²) in [6, 6.07) is 77.9. The van der Waals surface area contributed by atoms with Crippen LogP contribution in [0.5, 0.6) is 0 Å². The van der Waals surface area contributed by atoms with Crippen LogP contribution in [0.25, 0.3) is 155 Å². The number of rotatable bonds is 4. The van der Waals surface area contributed by atoms with Gasteiger partial charge in [-0.3, -0.25) is 0 Å². The Bertz CT molecular complexity index is 5600. The maximum atomic E-state index is 13.0. The van der Waals surface area contributed by atoms with E-state index >= 15 is 0 Å². The Hall–Kier alpha value is -9.96. The van der Waals surface area contributed by atoms with Crippen LogP contribution in [0.2, 0.25) is 0 Å². The molecule has 0 aliphatic heterocycles. The third kappa shape index (κ3) is 6.53. The van der Waals surface area contributed by atoms with Crippen LogP contribution >= 0.6 is 22.7 Å². The van der Waals surface area contributed by atoms with Gasteiger partial charge in [0.25, 0.3) is 0 Å². The van der Waals surface area contributed by atoms with Crippen LogP contribution in [0.1, 0.15) is 58.2 Å². The Morgan fingerprint density at radius 2 is 0.714 bits per heavy atom. The van der Waals surface area contributed by atoms with E-state index < -0.39 is 0 Å². The van der Waals surface area contributed by atoms with E-state index in [1.807, 2.05) is 11.3 Å². The van der Waals surface area contributed by atoms with Gasteiger partial charge in [0.15, 0.2) is 0 Å². The van der Waals surface area contributed by atoms with Crippen molar-refractivity contribution in [3.63, 3.8) is 0 Å². The summed E-state index contributed by atoms with van der Waals surface area (Å²) in [5, 5.41) is 26.3. The summed E-state index contributed by atoms with van der Waals surface area (Å²) < 4.78 is 14.1. The number of aromatic nitrogens is 4. The van der Waals surface area contributed by atoms with Crippen molar-refractivity contribution in [2.24, 2.45) is 0 Å². The third-order valence-corrected chi connectivity index (χ3v) is 20.3. The van der Waals surface area contributed by atoms with E-state index in [9.17, 15) is 11.8 Å². The van der Waals surface area contributed by atoms with Crippen molar-refractivity contribution in [3.8, 4) is 28.8 Å². The zero-order valence-electron chi connectivity index (χ0n) is 47.1. The summed E-state index contributed by atoms with van der Waals surface area (Å²) >= 11 is 3.59. The second-order valence-electron chi connectivity index (χ2n) is 24.6. The molecule has 84 heavy (non-hydrogen) atoms. The Labute approximate surface area is 491 Å². The predicted molar refractivity (Wildman–Crippen MR) is 358 cm³/mol. The van der Waals surface area contributed by atoms with E-state index in [-0.39, 0.29) is 10.8 Å². The van der Waals surface area contributed by atoms with E-state index in [0.29, 0.717) is 28.3 Å². The summed E-state index contributed by atoms with van der Waals surface area (Å²) in [7, 11) is 0. The minimum Gasteiger partial charge on any atom is -0.317 e. The van der Waals surface area contributed by atoms with Crippen LogP contribution in [0.4, 0.5) is 5.69 Å². The summed E-state index contributed by atoms with van der Waals surface area (Å²) in [6.07, 6.45) is 0. The average molecular weight is 1110 g/mol. The minimum absolute atomic E-state index is 0.157. The first-order valence-corrected chi connectivity index (χ1v) is 30.3. The second-order valence-corrected chi connectivity index (χ2v) is 26.7. The lowest BCUT2D eigenvalue weighted by Gasteiger charge is -2.27. The molecule has 0 saturated heterocycles. The zero-order valence-corrected chi connectivity index (χ0v) is 48.8. The molecule has 0 bridgehead atoms. The zero-order chi connectivity index (χ0) is 56.7. The Morgan fingerprint density at radius 1 is 0.357 bits per heavy atom. The molecule has 0 unspecified atom stereocenters. The fourth-order valence-electron chi connectivity index (χ4n) is 14.0. The lowest BCUT2D eigenvalue weighted by atomic mass is 9.86. The molecule has 0 fully saturated rings. The maximum Gasteiger partial charge on any atom is 0.237 e. The number of nitriles is 1. The summed E-state index contributed by atoms with van der Waals surface area (Å²) in [5.41, 5.74) is 13.3. The number of nitrogens with zero attached hydrogens (tertiary/aromatic N) is 6. The Kier molecular flexibility index (Phi) is 10.0. The Morgan fingerprint density at radius 3 is 1.12 bits per heavy atom. The molecule has 0 radical (unpaired) electrons. The standard InChI is InChI=1S/C76H52N6S2/c1-75(2,3)43-32-38-62-55(40-43)51-34-36-53-49-24-12-18-30-64(49)83-73(53)69(51)81(62)67-57(42-77)68(79-58-26-14-8-20-45(58)46-21-9-15-27-59(46)79)72(71(66(67)78-7)80-60-28-16-10-22-47(60)48-23-11-17-29-61(48)80)82-63-39-33-44(76(4,5)6)41-56(63)52-35-37-54-50-25-13-19-31-65(50)84-74(54)70(52)82/h8-41H,1-6H3. The number of para-hydroxylation sites is 4. The van der Waals surface area contributed by atoms with Gasteiger partial charge in [0.1, 0.15) is 6.07 Å². The highest BCUT2D eigenvalue weighted by Crippen LogP contribution is 2.55. The topological polar surface area (TPSA) is 47.9 Å². The molecule has 0 saturated carbocycles. The van der Waals surface area contributed by atoms with Gasteiger partial charge in [-0.1, -0.05) is 187 Å². The van der Waals surface area contributed by atoms with Crippen molar-refractivity contribution in [1.82, 2.24) is 18.3 Å². The average Bonchev–Trinajstić information content (AvgIpc) is 1.62. The summed E-state index contributed by atoms with van der Waals surface area (Å²) in [5.74, 6) is 0. The van der Waals surface area contributed by atoms with Gasteiger partial charge in [-0.15, -0.1) is 22.7 Å². The fourth-order valence-corrected chi connectivity index (χ4v) is 16.5. The molecule has 0 amide bonds. The van der Waals surface area contributed by atoms with E-state index in [2.05, 4.69) is 272 Å². The molecular weight excluding hydrogens is 1060 g/mol. The van der Waals surface area contributed by atoms with Crippen LogP contribution in [-0.4, -0.2) is 18.3 Å². The number of hydrogen-bond donors (Lipinski definition) is 0.